The maximum absolute atomic E-state index is 12.4. The van der Waals surface area contributed by atoms with Crippen molar-refractivity contribution in [3.8, 4) is 0 Å². The molecule has 132 valence electrons. The molecular weight excluding hydrogens is 328 g/mol. The zero-order valence-corrected chi connectivity index (χ0v) is 16.1. The molecule has 0 amide bonds. The summed E-state index contributed by atoms with van der Waals surface area (Å²) < 4.78 is 0. The molecule has 2 aliphatic heterocycles. The summed E-state index contributed by atoms with van der Waals surface area (Å²) in [5, 5.41) is 3.17. The molecule has 1 unspecified atom stereocenters. The van der Waals surface area contributed by atoms with E-state index < -0.39 is 0 Å². The lowest BCUT2D eigenvalue weighted by Gasteiger charge is -2.36. The molecule has 3 rings (SSSR count). The topological polar surface area (TPSA) is 32.7 Å². The molecule has 0 fully saturated rings. The van der Waals surface area contributed by atoms with E-state index in [1.807, 2.05) is 13.0 Å². The third-order valence-corrected chi connectivity index (χ3v) is 5.66. The Balaban J connectivity index is 1.92. The van der Waals surface area contributed by atoms with E-state index in [-0.39, 0.29) is 11.8 Å². The summed E-state index contributed by atoms with van der Waals surface area (Å²) in [6, 6.07) is 10.5. The van der Waals surface area contributed by atoms with Crippen molar-refractivity contribution in [1.29, 1.82) is 0 Å². The zero-order valence-electron chi connectivity index (χ0n) is 15.3. The highest BCUT2D eigenvalue weighted by Crippen LogP contribution is 2.41. The van der Waals surface area contributed by atoms with Crippen molar-refractivity contribution in [3.63, 3.8) is 0 Å². The molecule has 25 heavy (non-hydrogen) atoms. The van der Waals surface area contributed by atoms with E-state index in [9.17, 15) is 4.79 Å². The Kier molecular flexibility index (Phi) is 5.79. The molecule has 0 aromatic heterocycles. The average molecular weight is 355 g/mol. The number of ketones is 1. The van der Waals surface area contributed by atoms with Gasteiger partial charge in [0, 0.05) is 16.7 Å². The number of nitrogens with zero attached hydrogens (tertiary/aromatic N) is 2. The van der Waals surface area contributed by atoms with E-state index in [4.69, 9.17) is 4.99 Å². The number of carbonyl (C=O) groups is 1. The summed E-state index contributed by atoms with van der Waals surface area (Å²) in [5.74, 6) is 0.144. The van der Waals surface area contributed by atoms with Crippen molar-refractivity contribution in [2.75, 3.05) is 0 Å². The lowest BCUT2D eigenvalue weighted by atomic mass is 9.92. The molecular formula is C21H26N2OS. The van der Waals surface area contributed by atoms with Crippen LogP contribution in [-0.2, 0) is 4.79 Å². The fourth-order valence-electron chi connectivity index (χ4n) is 3.62. The third kappa shape index (κ3) is 3.74. The van der Waals surface area contributed by atoms with Crippen molar-refractivity contribution in [1.82, 2.24) is 4.90 Å². The van der Waals surface area contributed by atoms with Gasteiger partial charge >= 0.3 is 0 Å². The molecule has 2 aliphatic rings. The molecule has 0 spiro atoms. The molecule has 0 saturated carbocycles. The Morgan fingerprint density at radius 3 is 2.64 bits per heavy atom. The quantitative estimate of drug-likeness (QED) is 0.597. The molecule has 0 N–H and O–H groups in total. The fraction of sp³-hybridized carbons (Fsp3) is 0.429. The van der Waals surface area contributed by atoms with Crippen LogP contribution >= 0.6 is 11.8 Å². The van der Waals surface area contributed by atoms with Gasteiger partial charge in [-0.1, -0.05) is 74.7 Å². The first kappa shape index (κ1) is 18.0. The highest BCUT2D eigenvalue weighted by molar-refractivity contribution is 8.16. The number of amidine groups is 1. The number of Topliss-reactive ketones (excluding diaryl/α,β-unsaturated/α-hetero) is 1. The minimum absolute atomic E-state index is 0.100. The van der Waals surface area contributed by atoms with Crippen LogP contribution in [0.3, 0.4) is 0 Å². The van der Waals surface area contributed by atoms with Crippen LogP contribution in [0.1, 0.15) is 58.4 Å². The summed E-state index contributed by atoms with van der Waals surface area (Å²) in [5.41, 5.74) is 4.11. The first-order chi connectivity index (χ1) is 12.1. The summed E-state index contributed by atoms with van der Waals surface area (Å²) in [4.78, 5) is 19.4. The predicted molar refractivity (Wildman–Crippen MR) is 107 cm³/mol. The molecule has 0 bridgehead atoms. The molecule has 0 radical (unpaired) electrons. The first-order valence-corrected chi connectivity index (χ1v) is 10.0. The van der Waals surface area contributed by atoms with Gasteiger partial charge in [-0.15, -0.1) is 0 Å². The van der Waals surface area contributed by atoms with E-state index >= 15 is 0 Å². The van der Waals surface area contributed by atoms with E-state index in [1.165, 1.54) is 24.8 Å². The Morgan fingerprint density at radius 2 is 1.96 bits per heavy atom. The Morgan fingerprint density at radius 1 is 1.20 bits per heavy atom. The van der Waals surface area contributed by atoms with Crippen LogP contribution in [-0.4, -0.2) is 21.9 Å². The van der Waals surface area contributed by atoms with Crippen LogP contribution in [0.5, 0.6) is 0 Å². The van der Waals surface area contributed by atoms with Gasteiger partial charge < -0.3 is 4.90 Å². The van der Waals surface area contributed by atoms with Crippen LogP contribution < -0.4 is 0 Å². The second-order valence-electron chi connectivity index (χ2n) is 6.67. The van der Waals surface area contributed by atoms with Crippen molar-refractivity contribution in [2.24, 2.45) is 4.99 Å². The molecule has 1 atom stereocenters. The van der Waals surface area contributed by atoms with Gasteiger partial charge in [0.25, 0.3) is 0 Å². The zero-order chi connectivity index (χ0) is 17.8. The molecule has 2 heterocycles. The number of aliphatic imine (C=N–C) groups is 1. The van der Waals surface area contributed by atoms with Gasteiger partial charge in [-0.2, -0.15) is 0 Å². The molecule has 1 aromatic rings. The first-order valence-electron chi connectivity index (χ1n) is 9.15. The largest absolute Gasteiger partial charge is 0.312 e. The molecule has 4 heteroatoms. The molecule has 1 aromatic carbocycles. The van der Waals surface area contributed by atoms with Gasteiger partial charge in [0.05, 0.1) is 11.7 Å². The van der Waals surface area contributed by atoms with Gasteiger partial charge in [0.2, 0.25) is 0 Å². The molecule has 0 aliphatic carbocycles. The molecule has 0 saturated heterocycles. The van der Waals surface area contributed by atoms with E-state index in [1.54, 1.807) is 18.7 Å². The molecule has 3 nitrogen and oxygen atoms in total. The summed E-state index contributed by atoms with van der Waals surface area (Å²) in [6.45, 7) is 5.87. The number of rotatable bonds is 7. The standard InChI is InChI=1S/C21H26N2OS/c1-4-5-6-10-13-18-20(16(3)24)15(2)22-21-23(18)19(14-25-21)17-11-8-7-9-12-17/h7-9,11-12,14,18H,4-6,10,13H2,1-3H3. The maximum Gasteiger partial charge on any atom is 0.173 e. The van der Waals surface area contributed by atoms with Gasteiger partial charge in [-0.05, 0) is 25.8 Å². The number of thioether (sulfide) groups is 1. The van der Waals surface area contributed by atoms with E-state index in [0.29, 0.717) is 0 Å². The van der Waals surface area contributed by atoms with Crippen LogP contribution in [0.2, 0.25) is 0 Å². The average Bonchev–Trinajstić information content (AvgIpc) is 3.02. The van der Waals surface area contributed by atoms with Crippen molar-refractivity contribution in [2.45, 2.75) is 58.9 Å². The minimum atomic E-state index is 0.100. The van der Waals surface area contributed by atoms with Crippen LogP contribution in [0.4, 0.5) is 0 Å². The van der Waals surface area contributed by atoms with Crippen LogP contribution in [0.25, 0.3) is 5.70 Å². The summed E-state index contributed by atoms with van der Waals surface area (Å²) >= 11 is 1.66. The number of allylic oxidation sites excluding steroid dienone is 1. The van der Waals surface area contributed by atoms with E-state index in [0.717, 1.165) is 35.0 Å². The fourth-order valence-corrected chi connectivity index (χ4v) is 4.62. The third-order valence-electron chi connectivity index (χ3n) is 4.82. The second kappa shape index (κ2) is 8.05. The van der Waals surface area contributed by atoms with Crippen LogP contribution in [0, 0.1) is 0 Å². The van der Waals surface area contributed by atoms with Crippen molar-refractivity contribution in [3.05, 3.63) is 52.6 Å². The van der Waals surface area contributed by atoms with Gasteiger partial charge in [0.1, 0.15) is 0 Å². The highest BCUT2D eigenvalue weighted by atomic mass is 32.2. The second-order valence-corrected chi connectivity index (χ2v) is 7.51. The summed E-state index contributed by atoms with van der Waals surface area (Å²) in [7, 11) is 0. The maximum atomic E-state index is 12.4. The lowest BCUT2D eigenvalue weighted by molar-refractivity contribution is -0.114. The van der Waals surface area contributed by atoms with Gasteiger partial charge in [-0.3, -0.25) is 4.79 Å². The Hall–Kier alpha value is -1.81. The van der Waals surface area contributed by atoms with Gasteiger partial charge in [0.15, 0.2) is 11.0 Å². The number of benzene rings is 1. The number of hydrogen-bond donors (Lipinski definition) is 0. The monoisotopic (exact) mass is 354 g/mol. The Labute approximate surface area is 154 Å². The van der Waals surface area contributed by atoms with Gasteiger partial charge in [-0.25, -0.2) is 4.99 Å². The lowest BCUT2D eigenvalue weighted by Crippen LogP contribution is -2.41. The van der Waals surface area contributed by atoms with Crippen molar-refractivity contribution >= 4 is 28.4 Å². The predicted octanol–water partition coefficient (Wildman–Crippen LogP) is 5.61. The normalized spacial score (nSPS) is 19.6. The number of fused-ring (bicyclic) bond motifs is 1. The Bertz CT molecular complexity index is 734. The number of unbranched alkanes of at least 4 members (excludes halogenated alkanes) is 3. The van der Waals surface area contributed by atoms with Crippen molar-refractivity contribution < 1.29 is 4.79 Å². The highest BCUT2D eigenvalue weighted by Gasteiger charge is 2.37. The van der Waals surface area contributed by atoms with E-state index in [2.05, 4.69) is 41.5 Å². The number of carbonyl (C=O) groups excluding carboxylic acids is 1. The smallest absolute Gasteiger partial charge is 0.173 e. The SMILES string of the molecule is CCCCCCC1C(C(C)=O)=C(C)N=C2SC=C(c3ccccc3)N21. The van der Waals surface area contributed by atoms with Crippen LogP contribution in [0.15, 0.2) is 52.0 Å². The number of hydrogen-bond acceptors (Lipinski definition) is 4. The summed E-state index contributed by atoms with van der Waals surface area (Å²) in [6.07, 6.45) is 5.83. The minimum Gasteiger partial charge on any atom is -0.312 e.